The van der Waals surface area contributed by atoms with Crippen molar-refractivity contribution in [3.8, 4) is 0 Å². The van der Waals surface area contributed by atoms with Gasteiger partial charge in [-0.3, -0.25) is 0 Å². The molecule has 0 aliphatic rings. The number of sulfone groups is 1. The molecule has 0 aliphatic heterocycles. The molecule has 0 aliphatic carbocycles. The molecule has 0 atom stereocenters. The van der Waals surface area contributed by atoms with Crippen molar-refractivity contribution in [2.75, 3.05) is 44.7 Å². The molecule has 0 saturated carbocycles. The molecule has 0 aromatic heterocycles. The van der Waals surface area contributed by atoms with E-state index < -0.39 is 9.84 Å². The molecule has 0 amide bonds. The highest BCUT2D eigenvalue weighted by Gasteiger charge is 2.05. The van der Waals surface area contributed by atoms with Gasteiger partial charge in [-0.2, -0.15) is 0 Å². The molecule has 92 valence electrons. The van der Waals surface area contributed by atoms with Gasteiger partial charge in [-0.05, 0) is 26.1 Å². The average molecular weight is 236 g/mol. The zero-order valence-electron chi connectivity index (χ0n) is 10.1. The van der Waals surface area contributed by atoms with E-state index in [2.05, 4.69) is 24.1 Å². The Hall–Kier alpha value is -0.130. The molecule has 0 rings (SSSR count). The summed E-state index contributed by atoms with van der Waals surface area (Å²) < 4.78 is 21.9. The highest BCUT2D eigenvalue weighted by atomic mass is 32.2. The first kappa shape index (κ1) is 14.9. The third kappa shape index (κ3) is 10.2. The van der Waals surface area contributed by atoms with Crippen molar-refractivity contribution < 1.29 is 8.42 Å². The average Bonchev–Trinajstić information content (AvgIpc) is 2.14. The minimum absolute atomic E-state index is 0.296. The molecule has 0 spiro atoms. The van der Waals surface area contributed by atoms with Crippen LogP contribution < -0.4 is 5.32 Å². The fraction of sp³-hybridized carbons (Fsp3) is 1.00. The monoisotopic (exact) mass is 236 g/mol. The molecule has 0 radical (unpaired) electrons. The summed E-state index contributed by atoms with van der Waals surface area (Å²) in [4.78, 5) is 2.27. The van der Waals surface area contributed by atoms with Crippen LogP contribution in [0.1, 0.15) is 20.3 Å². The van der Waals surface area contributed by atoms with E-state index in [0.29, 0.717) is 5.75 Å². The van der Waals surface area contributed by atoms with Crippen LogP contribution in [0.3, 0.4) is 0 Å². The standard InChI is InChI=1S/C10H24N2O2S/c1-4-11-7-9-12(5-2)8-6-10-15(3,13)14/h11H,4-10H2,1-3H3. The highest BCUT2D eigenvalue weighted by Crippen LogP contribution is 1.94. The zero-order valence-corrected chi connectivity index (χ0v) is 10.9. The second-order valence-electron chi connectivity index (χ2n) is 3.77. The Morgan fingerprint density at radius 1 is 1.20 bits per heavy atom. The van der Waals surface area contributed by atoms with Crippen LogP contribution in [-0.2, 0) is 9.84 Å². The normalized spacial score (nSPS) is 12.3. The Kier molecular flexibility index (Phi) is 8.00. The minimum atomic E-state index is -2.80. The summed E-state index contributed by atoms with van der Waals surface area (Å²) in [6.45, 7) is 8.99. The maximum absolute atomic E-state index is 10.9. The molecule has 0 saturated heterocycles. The van der Waals surface area contributed by atoms with Gasteiger partial charge in [0.2, 0.25) is 0 Å². The van der Waals surface area contributed by atoms with E-state index in [1.54, 1.807) is 0 Å². The van der Waals surface area contributed by atoms with E-state index in [-0.39, 0.29) is 0 Å². The maximum atomic E-state index is 10.9. The van der Waals surface area contributed by atoms with Crippen LogP contribution in [0.15, 0.2) is 0 Å². The van der Waals surface area contributed by atoms with E-state index in [0.717, 1.165) is 39.1 Å². The van der Waals surface area contributed by atoms with Crippen molar-refractivity contribution in [3.63, 3.8) is 0 Å². The second-order valence-corrected chi connectivity index (χ2v) is 6.03. The third-order valence-electron chi connectivity index (χ3n) is 2.29. The Balaban J connectivity index is 3.61. The topological polar surface area (TPSA) is 49.4 Å². The quantitative estimate of drug-likeness (QED) is 0.587. The summed E-state index contributed by atoms with van der Waals surface area (Å²) in [6, 6.07) is 0. The van der Waals surface area contributed by atoms with Crippen LogP contribution in [0, 0.1) is 0 Å². The van der Waals surface area contributed by atoms with E-state index in [1.165, 1.54) is 6.26 Å². The van der Waals surface area contributed by atoms with Gasteiger partial charge in [-0.25, -0.2) is 8.42 Å². The number of likely N-dealkylation sites (N-methyl/N-ethyl adjacent to an activating group) is 2. The van der Waals surface area contributed by atoms with Crippen LogP contribution in [0.5, 0.6) is 0 Å². The van der Waals surface area contributed by atoms with Gasteiger partial charge in [0, 0.05) is 19.3 Å². The van der Waals surface area contributed by atoms with Crippen molar-refractivity contribution in [2.45, 2.75) is 20.3 Å². The molecule has 0 aromatic carbocycles. The third-order valence-corrected chi connectivity index (χ3v) is 3.32. The number of nitrogens with zero attached hydrogens (tertiary/aromatic N) is 1. The Morgan fingerprint density at radius 3 is 2.33 bits per heavy atom. The van der Waals surface area contributed by atoms with Gasteiger partial charge in [0.15, 0.2) is 0 Å². The lowest BCUT2D eigenvalue weighted by molar-refractivity contribution is 0.289. The van der Waals surface area contributed by atoms with Gasteiger partial charge < -0.3 is 10.2 Å². The predicted octanol–water partition coefficient (Wildman–Crippen LogP) is 0.353. The van der Waals surface area contributed by atoms with E-state index in [4.69, 9.17) is 0 Å². The van der Waals surface area contributed by atoms with Crippen molar-refractivity contribution in [1.82, 2.24) is 10.2 Å². The van der Waals surface area contributed by atoms with Crippen molar-refractivity contribution in [3.05, 3.63) is 0 Å². The second kappa shape index (κ2) is 8.07. The minimum Gasteiger partial charge on any atom is -0.316 e. The molecule has 1 N–H and O–H groups in total. The van der Waals surface area contributed by atoms with Crippen LogP contribution in [-0.4, -0.2) is 58.1 Å². The SMILES string of the molecule is CCNCCN(CC)CCCS(C)(=O)=O. The largest absolute Gasteiger partial charge is 0.316 e. The van der Waals surface area contributed by atoms with Gasteiger partial charge in [0.05, 0.1) is 5.75 Å². The van der Waals surface area contributed by atoms with Crippen LogP contribution >= 0.6 is 0 Å². The maximum Gasteiger partial charge on any atom is 0.147 e. The first-order valence-electron chi connectivity index (χ1n) is 5.60. The summed E-state index contributed by atoms with van der Waals surface area (Å²) in [6.07, 6.45) is 2.03. The van der Waals surface area contributed by atoms with Gasteiger partial charge in [-0.1, -0.05) is 13.8 Å². The zero-order chi connectivity index (χ0) is 11.7. The van der Waals surface area contributed by atoms with Crippen molar-refractivity contribution in [1.29, 1.82) is 0 Å². The van der Waals surface area contributed by atoms with Gasteiger partial charge >= 0.3 is 0 Å². The van der Waals surface area contributed by atoms with Crippen molar-refractivity contribution in [2.24, 2.45) is 0 Å². The molecule has 0 aromatic rings. The molecule has 15 heavy (non-hydrogen) atoms. The lowest BCUT2D eigenvalue weighted by atomic mass is 10.4. The highest BCUT2D eigenvalue weighted by molar-refractivity contribution is 7.90. The first-order valence-corrected chi connectivity index (χ1v) is 7.66. The number of hydrogen-bond acceptors (Lipinski definition) is 4. The fourth-order valence-electron chi connectivity index (χ4n) is 1.39. The number of hydrogen-bond donors (Lipinski definition) is 1. The lowest BCUT2D eigenvalue weighted by Gasteiger charge is -2.19. The Labute approximate surface area is 94.0 Å². The Bertz CT molecular complexity index is 240. The van der Waals surface area contributed by atoms with Crippen LogP contribution in [0.25, 0.3) is 0 Å². The fourth-order valence-corrected chi connectivity index (χ4v) is 2.05. The molecule has 5 heteroatoms. The summed E-state index contributed by atoms with van der Waals surface area (Å²) in [5.41, 5.74) is 0. The predicted molar refractivity (Wildman–Crippen MR) is 65.0 cm³/mol. The summed E-state index contributed by atoms with van der Waals surface area (Å²) >= 11 is 0. The summed E-state index contributed by atoms with van der Waals surface area (Å²) in [5.74, 6) is 0.296. The van der Waals surface area contributed by atoms with Gasteiger partial charge in [0.1, 0.15) is 9.84 Å². The van der Waals surface area contributed by atoms with Gasteiger partial charge in [0.25, 0.3) is 0 Å². The Morgan fingerprint density at radius 2 is 1.87 bits per heavy atom. The summed E-state index contributed by atoms with van der Waals surface area (Å²) in [7, 11) is -2.80. The molecule has 0 bridgehead atoms. The molecule has 0 heterocycles. The van der Waals surface area contributed by atoms with E-state index in [9.17, 15) is 8.42 Å². The molecule has 4 nitrogen and oxygen atoms in total. The van der Waals surface area contributed by atoms with Crippen LogP contribution in [0.2, 0.25) is 0 Å². The summed E-state index contributed by atoms with van der Waals surface area (Å²) in [5, 5.41) is 3.26. The first-order chi connectivity index (χ1) is 6.99. The smallest absolute Gasteiger partial charge is 0.147 e. The van der Waals surface area contributed by atoms with E-state index >= 15 is 0 Å². The molecular formula is C10H24N2O2S. The number of nitrogens with one attached hydrogen (secondary N) is 1. The van der Waals surface area contributed by atoms with E-state index in [1.807, 2.05) is 0 Å². The van der Waals surface area contributed by atoms with Crippen LogP contribution in [0.4, 0.5) is 0 Å². The lowest BCUT2D eigenvalue weighted by Crippen LogP contribution is -2.33. The molecule has 0 unspecified atom stereocenters. The molecular weight excluding hydrogens is 212 g/mol. The van der Waals surface area contributed by atoms with Gasteiger partial charge in [-0.15, -0.1) is 0 Å². The van der Waals surface area contributed by atoms with Crippen molar-refractivity contribution >= 4 is 9.84 Å². The number of rotatable bonds is 9. The molecule has 0 fully saturated rings.